The second-order valence-corrected chi connectivity index (χ2v) is 15.5. The van der Waals surface area contributed by atoms with E-state index in [9.17, 15) is 38.6 Å². The molecule has 18 heteroatoms. The average molecular weight is 849 g/mol. The number of benzene rings is 3. The van der Waals surface area contributed by atoms with Crippen LogP contribution in [0.5, 0.6) is 5.75 Å². The fourth-order valence-corrected chi connectivity index (χ4v) is 7.10. The van der Waals surface area contributed by atoms with Crippen molar-refractivity contribution >= 4 is 47.2 Å². The number of carbonyl (C=O) groups excluding carboxylic acids is 4. The maximum absolute atomic E-state index is 15.3. The first-order chi connectivity index (χ1) is 28.6. The molecule has 4 rings (SSSR count). The summed E-state index contributed by atoms with van der Waals surface area (Å²) in [5.41, 5.74) is 13.8. The van der Waals surface area contributed by atoms with Crippen LogP contribution in [0.15, 0.2) is 79.0 Å². The molecule has 320 valence electrons. The van der Waals surface area contributed by atoms with Crippen LogP contribution in [-0.4, -0.2) is 86.7 Å². The third-order valence-electron chi connectivity index (χ3n) is 9.07. The Balaban J connectivity index is 1.46. The number of amides is 4. The number of phenols is 1. The van der Waals surface area contributed by atoms with Gasteiger partial charge < -0.3 is 42.9 Å². The second-order valence-electron chi connectivity index (χ2n) is 14.4. The number of nitrogens with one attached hydrogen (secondary N) is 4. The minimum atomic E-state index is -1.36. The first kappa shape index (κ1) is 46.7. The van der Waals surface area contributed by atoms with Crippen molar-refractivity contribution in [1.82, 2.24) is 25.9 Å². The minimum Gasteiger partial charge on any atom is -0.508 e. The molecule has 1 aromatic heterocycles. The van der Waals surface area contributed by atoms with Gasteiger partial charge in [0.25, 0.3) is 0 Å². The summed E-state index contributed by atoms with van der Waals surface area (Å²) in [5.74, 6) is -6.29. The van der Waals surface area contributed by atoms with Crippen LogP contribution < -0.4 is 32.7 Å². The van der Waals surface area contributed by atoms with Gasteiger partial charge in [-0.25, -0.2) is 23.5 Å². The van der Waals surface area contributed by atoms with Gasteiger partial charge in [-0.1, -0.05) is 50.2 Å². The van der Waals surface area contributed by atoms with Crippen molar-refractivity contribution in [3.05, 3.63) is 107 Å². The second kappa shape index (κ2) is 23.0. The zero-order valence-corrected chi connectivity index (χ0v) is 34.0. The molecule has 15 nitrogen and oxygen atoms in total. The number of nitrogens with two attached hydrogens (primary N) is 2. The van der Waals surface area contributed by atoms with Crippen molar-refractivity contribution in [2.75, 3.05) is 24.2 Å². The summed E-state index contributed by atoms with van der Waals surface area (Å²) in [6.07, 6.45) is 3.07. The number of carboxylic acids is 1. The molecule has 3 aromatic carbocycles. The van der Waals surface area contributed by atoms with Gasteiger partial charge in [0.15, 0.2) is 5.82 Å². The Kier molecular flexibility index (Phi) is 17.9. The van der Waals surface area contributed by atoms with Crippen LogP contribution in [-0.2, 0) is 30.4 Å². The molecule has 0 aliphatic rings. The van der Waals surface area contributed by atoms with E-state index in [4.69, 9.17) is 16.5 Å². The summed E-state index contributed by atoms with van der Waals surface area (Å²) in [6.45, 7) is 3.42. The number of aromatic hydroxyl groups is 1. The average Bonchev–Trinajstić information content (AvgIpc) is 3.21. The summed E-state index contributed by atoms with van der Waals surface area (Å²) in [5, 5.41) is 28.1. The monoisotopic (exact) mass is 848 g/mol. The molecule has 0 aliphatic carbocycles. The number of nitrogens with zero attached hydrogens (tertiary/aromatic N) is 2. The third-order valence-corrected chi connectivity index (χ3v) is 10.4. The summed E-state index contributed by atoms with van der Waals surface area (Å²) in [7, 11) is 0. The predicted molar refractivity (Wildman–Crippen MR) is 223 cm³/mol. The van der Waals surface area contributed by atoms with E-state index in [0.29, 0.717) is 42.4 Å². The van der Waals surface area contributed by atoms with Crippen molar-refractivity contribution < 1.29 is 43.0 Å². The normalized spacial score (nSPS) is 13.1. The van der Waals surface area contributed by atoms with Gasteiger partial charge >= 0.3 is 5.97 Å². The molecule has 4 aromatic rings. The van der Waals surface area contributed by atoms with Gasteiger partial charge in [-0.3, -0.25) is 19.2 Å². The molecule has 0 bridgehead atoms. The molecule has 10 N–H and O–H groups in total. The van der Waals surface area contributed by atoms with Gasteiger partial charge in [-0.2, -0.15) is 0 Å². The molecule has 0 aliphatic heterocycles. The molecule has 60 heavy (non-hydrogen) atoms. The first-order valence-corrected chi connectivity index (χ1v) is 20.3. The van der Waals surface area contributed by atoms with Gasteiger partial charge in [0, 0.05) is 29.4 Å². The van der Waals surface area contributed by atoms with Crippen LogP contribution >= 0.6 is 11.8 Å². The molecule has 0 saturated heterocycles. The molecular weight excluding hydrogens is 799 g/mol. The summed E-state index contributed by atoms with van der Waals surface area (Å²) in [4.78, 5) is 74.0. The molecule has 1 heterocycles. The quantitative estimate of drug-likeness (QED) is 0.0526. The lowest BCUT2D eigenvalue weighted by molar-refractivity contribution is -0.142. The number of carboxylic acid groups (broad SMARTS) is 1. The Bertz CT molecular complexity index is 2100. The predicted octanol–water partition coefficient (Wildman–Crippen LogP) is 3.80. The summed E-state index contributed by atoms with van der Waals surface area (Å²) < 4.78 is 29.2. The molecule has 0 spiro atoms. The molecular formula is C42H50F2N8O7S. The van der Waals surface area contributed by atoms with E-state index in [1.54, 1.807) is 12.1 Å². The summed E-state index contributed by atoms with van der Waals surface area (Å²) >= 11 is 0.800. The van der Waals surface area contributed by atoms with E-state index in [0.717, 1.165) is 29.5 Å². The van der Waals surface area contributed by atoms with E-state index >= 15 is 4.39 Å². The Morgan fingerprint density at radius 3 is 2.25 bits per heavy atom. The van der Waals surface area contributed by atoms with E-state index in [1.165, 1.54) is 18.3 Å². The number of aromatic nitrogens is 2. The molecule has 0 saturated carbocycles. The molecule has 4 amide bonds. The maximum Gasteiger partial charge on any atom is 0.326 e. The van der Waals surface area contributed by atoms with Crippen molar-refractivity contribution in [3.63, 3.8) is 0 Å². The number of aliphatic carboxylic acids is 1. The number of unbranched alkanes of at least 4 members (excludes halogenated alkanes) is 1. The summed E-state index contributed by atoms with van der Waals surface area (Å²) in [6, 6.07) is 14.7. The highest BCUT2D eigenvalue weighted by atomic mass is 32.2. The molecule has 0 radical (unpaired) electrons. The lowest BCUT2D eigenvalue weighted by atomic mass is 10.0. The van der Waals surface area contributed by atoms with Crippen molar-refractivity contribution in [2.24, 2.45) is 17.4 Å². The Hall–Kier alpha value is -5.98. The number of hydrogen-bond acceptors (Lipinski definition) is 11. The molecule has 4 unspecified atom stereocenters. The van der Waals surface area contributed by atoms with Gasteiger partial charge in [0.2, 0.25) is 23.6 Å². The zero-order chi connectivity index (χ0) is 43.8. The smallest absolute Gasteiger partial charge is 0.326 e. The number of rotatable bonds is 22. The Labute approximate surface area is 350 Å². The molecule has 4 atom stereocenters. The number of anilines is 1. The van der Waals surface area contributed by atoms with E-state index in [-0.39, 0.29) is 48.1 Å². The van der Waals surface area contributed by atoms with Crippen molar-refractivity contribution in [1.29, 1.82) is 0 Å². The number of hydrogen-bond donors (Lipinski definition) is 8. The van der Waals surface area contributed by atoms with Gasteiger partial charge in [0.1, 0.15) is 34.7 Å². The topological polar surface area (TPSA) is 252 Å². The number of halogens is 2. The number of carbonyl (C=O) groups is 5. The number of phenolic OH excluding ortho intramolecular Hbond substituents is 1. The van der Waals surface area contributed by atoms with E-state index < -0.39 is 71.2 Å². The van der Waals surface area contributed by atoms with Crippen molar-refractivity contribution in [3.8, 4) is 17.0 Å². The first-order valence-electron chi connectivity index (χ1n) is 19.3. The van der Waals surface area contributed by atoms with Crippen LogP contribution in [0.2, 0.25) is 0 Å². The van der Waals surface area contributed by atoms with Crippen LogP contribution in [0.4, 0.5) is 14.6 Å². The molecule has 0 fully saturated rings. The van der Waals surface area contributed by atoms with Gasteiger partial charge in [-0.05, 0) is 74.0 Å². The highest BCUT2D eigenvalue weighted by Crippen LogP contribution is 2.33. The van der Waals surface area contributed by atoms with Crippen LogP contribution in [0.25, 0.3) is 11.3 Å². The van der Waals surface area contributed by atoms with Crippen LogP contribution in [0, 0.1) is 17.6 Å². The lowest BCUT2D eigenvalue weighted by Gasteiger charge is -2.23. The highest BCUT2D eigenvalue weighted by Gasteiger charge is 2.30. The van der Waals surface area contributed by atoms with Crippen LogP contribution in [0.1, 0.15) is 61.6 Å². The maximum atomic E-state index is 15.3. The third kappa shape index (κ3) is 14.4. The highest BCUT2D eigenvalue weighted by molar-refractivity contribution is 8.00. The SMILES string of the molecule is CC(C)CC(NC(=O)CNC(=O)C(N)CSC(C(=O)Nc1ncc(-c2ccc(O)cc2)nc1Cc1ccccc1)c1ccc(F)cc1F)C(=O)NC(CCCCN)C(=O)O. The lowest BCUT2D eigenvalue weighted by Crippen LogP contribution is -2.54. The largest absolute Gasteiger partial charge is 0.508 e. The number of thioether (sulfide) groups is 1. The standard InChI is InChI=1S/C42H50F2N8O7S/c1-24(2)18-34(40(56)51-32(42(58)59)10-6-7-17-45)50-36(54)22-48-39(55)31(46)23-60-37(29-16-13-27(43)20-30(29)44)41(57)52-38-33(19-25-8-4-3-5-9-25)49-35(21-47-38)26-11-14-28(53)15-12-26/h3-5,8-9,11-16,20-21,24,31-32,34,37,53H,6-7,10,17-19,22-23,45-46H2,1-2H3,(H,48,55)(H,50,54)(H,51,56)(H,58,59)(H,47,52,57). The fourth-order valence-electron chi connectivity index (χ4n) is 5.96. The zero-order valence-electron chi connectivity index (χ0n) is 33.2. The van der Waals surface area contributed by atoms with Gasteiger partial charge in [-0.15, -0.1) is 11.8 Å². The Morgan fingerprint density at radius 1 is 0.883 bits per heavy atom. The minimum absolute atomic E-state index is 0.0648. The fraction of sp³-hybridized carbons (Fsp3) is 0.357. The van der Waals surface area contributed by atoms with E-state index in [2.05, 4.69) is 26.3 Å². The Morgan fingerprint density at radius 2 is 1.60 bits per heavy atom. The van der Waals surface area contributed by atoms with Gasteiger partial charge in [0.05, 0.1) is 30.2 Å². The van der Waals surface area contributed by atoms with Crippen LogP contribution in [0.3, 0.4) is 0 Å². The van der Waals surface area contributed by atoms with E-state index in [1.807, 2.05) is 44.2 Å². The van der Waals surface area contributed by atoms with Crippen molar-refractivity contribution in [2.45, 2.75) is 69.3 Å².